The van der Waals surface area contributed by atoms with Crippen LogP contribution in [-0.4, -0.2) is 33.4 Å². The standard InChI is InChI=1S/C22H28O5/c1-7-12-27-22(23)18-14-19(24-5)21(20(15-18)25-6)26-13-11-17(4)10-8-9-16(2)3/h1,9,11,14-15H,8,10,12-13H2,2-6H3/b17-11+. The zero-order valence-corrected chi connectivity index (χ0v) is 16.8. The van der Waals surface area contributed by atoms with Gasteiger partial charge in [-0.2, -0.15) is 0 Å². The molecule has 27 heavy (non-hydrogen) atoms. The molecule has 0 bridgehead atoms. The molecule has 0 spiro atoms. The highest BCUT2D eigenvalue weighted by molar-refractivity contribution is 5.91. The summed E-state index contributed by atoms with van der Waals surface area (Å²) in [6.07, 6.45) is 11.3. The highest BCUT2D eigenvalue weighted by atomic mass is 16.5. The number of benzene rings is 1. The number of carbonyl (C=O) groups excluding carboxylic acids is 1. The smallest absolute Gasteiger partial charge is 0.339 e. The Bertz CT molecular complexity index is 709. The Balaban J connectivity index is 2.89. The fourth-order valence-corrected chi connectivity index (χ4v) is 2.29. The van der Waals surface area contributed by atoms with Gasteiger partial charge in [0.1, 0.15) is 6.61 Å². The summed E-state index contributed by atoms with van der Waals surface area (Å²) in [5.74, 6) is 2.91. The third kappa shape index (κ3) is 7.49. The average Bonchev–Trinajstić information content (AvgIpc) is 2.65. The van der Waals surface area contributed by atoms with Crippen molar-refractivity contribution in [2.45, 2.75) is 33.6 Å². The van der Waals surface area contributed by atoms with E-state index in [0.29, 0.717) is 23.9 Å². The van der Waals surface area contributed by atoms with Gasteiger partial charge < -0.3 is 18.9 Å². The molecule has 5 nitrogen and oxygen atoms in total. The van der Waals surface area contributed by atoms with E-state index in [-0.39, 0.29) is 12.2 Å². The molecule has 0 atom stereocenters. The molecule has 0 saturated heterocycles. The molecule has 0 aliphatic rings. The first-order valence-corrected chi connectivity index (χ1v) is 8.71. The third-order valence-corrected chi connectivity index (χ3v) is 3.73. The number of esters is 1. The molecule has 0 radical (unpaired) electrons. The van der Waals surface area contributed by atoms with Crippen LogP contribution in [0.15, 0.2) is 35.4 Å². The van der Waals surface area contributed by atoms with Crippen molar-refractivity contribution in [2.24, 2.45) is 0 Å². The molecule has 0 aliphatic heterocycles. The van der Waals surface area contributed by atoms with Crippen LogP contribution in [0.4, 0.5) is 0 Å². The lowest BCUT2D eigenvalue weighted by molar-refractivity contribution is 0.0556. The van der Waals surface area contributed by atoms with E-state index in [2.05, 4.69) is 32.8 Å². The first-order chi connectivity index (χ1) is 12.9. The van der Waals surface area contributed by atoms with Crippen molar-refractivity contribution in [1.29, 1.82) is 0 Å². The van der Waals surface area contributed by atoms with Crippen molar-refractivity contribution in [3.63, 3.8) is 0 Å². The molecule has 0 heterocycles. The predicted molar refractivity (Wildman–Crippen MR) is 107 cm³/mol. The van der Waals surface area contributed by atoms with Gasteiger partial charge in [0.05, 0.1) is 19.8 Å². The Labute approximate surface area is 162 Å². The van der Waals surface area contributed by atoms with Gasteiger partial charge in [-0.05, 0) is 51.8 Å². The molecule has 1 aromatic carbocycles. The normalized spacial score (nSPS) is 10.6. The Morgan fingerprint density at radius 3 is 2.26 bits per heavy atom. The number of rotatable bonds is 10. The summed E-state index contributed by atoms with van der Waals surface area (Å²) in [6, 6.07) is 3.09. The SMILES string of the molecule is C#CCOC(=O)c1cc(OC)c(OC/C=C(\C)CCC=C(C)C)c(OC)c1. The minimum Gasteiger partial charge on any atom is -0.493 e. The average molecular weight is 372 g/mol. The van der Waals surface area contributed by atoms with Crippen molar-refractivity contribution in [1.82, 2.24) is 0 Å². The van der Waals surface area contributed by atoms with Crippen molar-refractivity contribution in [3.05, 3.63) is 41.0 Å². The van der Waals surface area contributed by atoms with Crippen LogP contribution in [0.1, 0.15) is 44.0 Å². The van der Waals surface area contributed by atoms with E-state index in [1.54, 1.807) is 12.1 Å². The molecule has 1 rings (SSSR count). The first-order valence-electron chi connectivity index (χ1n) is 8.71. The van der Waals surface area contributed by atoms with Crippen LogP contribution < -0.4 is 14.2 Å². The molecule has 0 amide bonds. The van der Waals surface area contributed by atoms with Crippen LogP contribution >= 0.6 is 0 Å². The summed E-state index contributed by atoms with van der Waals surface area (Å²) in [5.41, 5.74) is 2.83. The third-order valence-electron chi connectivity index (χ3n) is 3.73. The molecule has 146 valence electrons. The van der Waals surface area contributed by atoms with Gasteiger partial charge in [-0.15, -0.1) is 6.42 Å². The quantitative estimate of drug-likeness (QED) is 0.342. The van der Waals surface area contributed by atoms with Crippen molar-refractivity contribution >= 4 is 5.97 Å². The maximum Gasteiger partial charge on any atom is 0.339 e. The van der Waals surface area contributed by atoms with Crippen LogP contribution in [0.3, 0.4) is 0 Å². The van der Waals surface area contributed by atoms with Gasteiger partial charge in [0.15, 0.2) is 18.1 Å². The van der Waals surface area contributed by atoms with E-state index >= 15 is 0 Å². The second-order valence-electron chi connectivity index (χ2n) is 6.17. The van der Waals surface area contributed by atoms with E-state index in [4.69, 9.17) is 25.4 Å². The van der Waals surface area contributed by atoms with Gasteiger partial charge >= 0.3 is 5.97 Å². The van der Waals surface area contributed by atoms with Crippen LogP contribution in [0.25, 0.3) is 0 Å². The van der Waals surface area contributed by atoms with Gasteiger partial charge in [0.25, 0.3) is 0 Å². The molecule has 0 unspecified atom stereocenters. The second kappa shape index (κ2) is 11.7. The van der Waals surface area contributed by atoms with E-state index in [1.165, 1.54) is 25.4 Å². The highest BCUT2D eigenvalue weighted by Crippen LogP contribution is 2.38. The Hall–Kier alpha value is -2.87. The minimum atomic E-state index is -0.550. The van der Waals surface area contributed by atoms with Crippen LogP contribution in [0.2, 0.25) is 0 Å². The summed E-state index contributed by atoms with van der Waals surface area (Å²) in [7, 11) is 3.00. The maximum atomic E-state index is 12.0. The highest BCUT2D eigenvalue weighted by Gasteiger charge is 2.18. The fourth-order valence-electron chi connectivity index (χ4n) is 2.29. The zero-order valence-electron chi connectivity index (χ0n) is 16.8. The van der Waals surface area contributed by atoms with Crippen molar-refractivity contribution in [2.75, 3.05) is 27.4 Å². The Kier molecular flexibility index (Phi) is 9.60. The van der Waals surface area contributed by atoms with E-state index < -0.39 is 5.97 Å². The number of hydrogen-bond donors (Lipinski definition) is 0. The number of allylic oxidation sites excluding steroid dienone is 3. The number of terminal acetylenes is 1. The van der Waals surface area contributed by atoms with Gasteiger partial charge in [-0.1, -0.05) is 23.1 Å². The molecule has 0 N–H and O–H groups in total. The van der Waals surface area contributed by atoms with Crippen LogP contribution in [-0.2, 0) is 4.74 Å². The van der Waals surface area contributed by atoms with Gasteiger partial charge in [-0.3, -0.25) is 0 Å². The molecule has 0 aromatic heterocycles. The lowest BCUT2D eigenvalue weighted by atomic mass is 10.1. The summed E-state index contributed by atoms with van der Waals surface area (Å²) < 4.78 is 21.5. The first kappa shape index (κ1) is 22.2. The van der Waals surface area contributed by atoms with Crippen LogP contribution in [0.5, 0.6) is 17.2 Å². The number of hydrogen-bond acceptors (Lipinski definition) is 5. The topological polar surface area (TPSA) is 54.0 Å². The lowest BCUT2D eigenvalue weighted by Gasteiger charge is -2.15. The summed E-state index contributed by atoms with van der Waals surface area (Å²) >= 11 is 0. The summed E-state index contributed by atoms with van der Waals surface area (Å²) in [6.45, 7) is 6.52. The van der Waals surface area contributed by atoms with E-state index in [1.807, 2.05) is 6.08 Å². The maximum absolute atomic E-state index is 12.0. The molecule has 5 heteroatoms. The second-order valence-corrected chi connectivity index (χ2v) is 6.17. The van der Waals surface area contributed by atoms with Gasteiger partial charge in [0, 0.05) is 0 Å². The van der Waals surface area contributed by atoms with Gasteiger partial charge in [-0.25, -0.2) is 4.79 Å². The van der Waals surface area contributed by atoms with Crippen molar-refractivity contribution in [3.8, 4) is 29.6 Å². The molecular formula is C22H28O5. The molecule has 0 aliphatic carbocycles. The molecule has 0 fully saturated rings. The summed E-state index contributed by atoms with van der Waals surface area (Å²) in [4.78, 5) is 12.0. The Morgan fingerprint density at radius 1 is 1.11 bits per heavy atom. The monoisotopic (exact) mass is 372 g/mol. The van der Waals surface area contributed by atoms with Crippen LogP contribution in [0, 0.1) is 12.3 Å². The van der Waals surface area contributed by atoms with Gasteiger partial charge in [0.2, 0.25) is 5.75 Å². The largest absolute Gasteiger partial charge is 0.493 e. The fraction of sp³-hybridized carbons (Fsp3) is 0.409. The lowest BCUT2D eigenvalue weighted by Crippen LogP contribution is -2.07. The summed E-state index contributed by atoms with van der Waals surface area (Å²) in [5, 5.41) is 0. The van der Waals surface area contributed by atoms with E-state index in [9.17, 15) is 4.79 Å². The van der Waals surface area contributed by atoms with Crippen molar-refractivity contribution < 1.29 is 23.7 Å². The van der Waals surface area contributed by atoms with E-state index in [0.717, 1.165) is 12.8 Å². The number of ether oxygens (including phenoxy) is 4. The minimum absolute atomic E-state index is 0.0987. The molecular weight excluding hydrogens is 344 g/mol. The predicted octanol–water partition coefficient (Wildman–Crippen LogP) is 4.57. The molecule has 1 aromatic rings. The zero-order chi connectivity index (χ0) is 20.2. The molecule has 0 saturated carbocycles. The number of methoxy groups -OCH3 is 2. The number of carbonyl (C=O) groups is 1. The Morgan fingerprint density at radius 2 is 1.74 bits per heavy atom.